The molecule has 1 saturated heterocycles. The number of halogens is 1. The quantitative estimate of drug-likeness (QED) is 0.897. The number of hydrogen-bond acceptors (Lipinski definition) is 4. The number of nitrogens with one attached hydrogen (secondary N) is 1. The monoisotopic (exact) mass is 326 g/mol. The highest BCUT2D eigenvalue weighted by atomic mass is 79.9. The average Bonchev–Trinajstić information content (AvgIpc) is 2.77. The van der Waals surface area contributed by atoms with Crippen LogP contribution < -0.4 is 10.2 Å². The predicted molar refractivity (Wildman–Crippen MR) is 83.6 cm³/mol. The zero-order chi connectivity index (χ0) is 13.8. The Kier molecular flexibility index (Phi) is 5.19. The van der Waals surface area contributed by atoms with Gasteiger partial charge in [-0.15, -0.1) is 0 Å². The fourth-order valence-electron chi connectivity index (χ4n) is 2.78. The molecule has 5 heteroatoms. The Balaban J connectivity index is 2.24. The summed E-state index contributed by atoms with van der Waals surface area (Å²) in [5.41, 5.74) is 1.27. The van der Waals surface area contributed by atoms with E-state index >= 15 is 0 Å². The maximum absolute atomic E-state index is 4.66. The smallest absolute Gasteiger partial charge is 0.133 e. The zero-order valence-electron chi connectivity index (χ0n) is 12.0. The Morgan fingerprint density at radius 2 is 2.32 bits per heavy atom. The highest BCUT2D eigenvalue weighted by Gasteiger charge is 2.27. The molecular formula is C14H23BrN4. The summed E-state index contributed by atoms with van der Waals surface area (Å²) in [5, 5.41) is 3.23. The molecule has 4 nitrogen and oxygen atoms in total. The number of anilines is 1. The molecule has 19 heavy (non-hydrogen) atoms. The van der Waals surface area contributed by atoms with Crippen LogP contribution in [-0.2, 0) is 6.54 Å². The van der Waals surface area contributed by atoms with Crippen molar-refractivity contribution in [1.82, 2.24) is 15.2 Å². The first kappa shape index (κ1) is 14.8. The van der Waals surface area contributed by atoms with Crippen LogP contribution in [0.2, 0.25) is 0 Å². The van der Waals surface area contributed by atoms with Gasteiger partial charge in [0.1, 0.15) is 5.82 Å². The van der Waals surface area contributed by atoms with Gasteiger partial charge in [-0.3, -0.25) is 0 Å². The standard InChI is InChI=1S/C14H23BrN4/c1-16-8-11-7-12(15)9-17-14(11)19-6-4-5-13(19)10-18(2)3/h7,9,13,16H,4-6,8,10H2,1-3H3. The summed E-state index contributed by atoms with van der Waals surface area (Å²) in [6.07, 6.45) is 4.42. The third-order valence-corrected chi connectivity index (χ3v) is 3.94. The van der Waals surface area contributed by atoms with E-state index in [2.05, 4.69) is 56.2 Å². The molecule has 0 aromatic carbocycles. The molecule has 1 unspecified atom stereocenters. The van der Waals surface area contributed by atoms with Crippen molar-refractivity contribution in [3.63, 3.8) is 0 Å². The molecule has 1 aromatic rings. The van der Waals surface area contributed by atoms with Gasteiger partial charge in [0.15, 0.2) is 0 Å². The number of nitrogens with zero attached hydrogens (tertiary/aromatic N) is 3. The summed E-state index contributed by atoms with van der Waals surface area (Å²) in [4.78, 5) is 9.39. The van der Waals surface area contributed by atoms with Crippen molar-refractivity contribution in [2.75, 3.05) is 39.1 Å². The zero-order valence-corrected chi connectivity index (χ0v) is 13.6. The second-order valence-corrected chi connectivity index (χ2v) is 6.33. The van der Waals surface area contributed by atoms with Crippen LogP contribution >= 0.6 is 15.9 Å². The van der Waals surface area contributed by atoms with Gasteiger partial charge < -0.3 is 15.1 Å². The SMILES string of the molecule is CNCc1cc(Br)cnc1N1CCCC1CN(C)C. The van der Waals surface area contributed by atoms with Crippen molar-refractivity contribution < 1.29 is 0 Å². The largest absolute Gasteiger partial charge is 0.352 e. The Labute approximate surface area is 124 Å². The Bertz CT molecular complexity index is 422. The topological polar surface area (TPSA) is 31.4 Å². The molecule has 1 aromatic heterocycles. The van der Waals surface area contributed by atoms with Gasteiger partial charge in [-0.1, -0.05) is 0 Å². The molecule has 0 bridgehead atoms. The summed E-state index contributed by atoms with van der Waals surface area (Å²) < 4.78 is 1.05. The van der Waals surface area contributed by atoms with Crippen molar-refractivity contribution in [2.45, 2.75) is 25.4 Å². The van der Waals surface area contributed by atoms with Crippen molar-refractivity contribution in [2.24, 2.45) is 0 Å². The van der Waals surface area contributed by atoms with Crippen molar-refractivity contribution in [1.29, 1.82) is 0 Å². The predicted octanol–water partition coefficient (Wildman–Crippen LogP) is 2.09. The van der Waals surface area contributed by atoms with Crippen molar-refractivity contribution in [3.8, 4) is 0 Å². The van der Waals surface area contributed by atoms with Gasteiger partial charge in [0.25, 0.3) is 0 Å². The molecule has 1 aliphatic rings. The van der Waals surface area contributed by atoms with E-state index < -0.39 is 0 Å². The van der Waals surface area contributed by atoms with Gasteiger partial charge in [-0.2, -0.15) is 0 Å². The molecule has 0 amide bonds. The maximum Gasteiger partial charge on any atom is 0.133 e. The van der Waals surface area contributed by atoms with Gasteiger partial charge >= 0.3 is 0 Å². The first-order valence-electron chi connectivity index (χ1n) is 6.82. The van der Waals surface area contributed by atoms with Crippen LogP contribution in [0, 0.1) is 0 Å². The summed E-state index contributed by atoms with van der Waals surface area (Å²) in [5.74, 6) is 1.14. The number of hydrogen-bond donors (Lipinski definition) is 1. The van der Waals surface area contributed by atoms with E-state index in [0.29, 0.717) is 6.04 Å². The van der Waals surface area contributed by atoms with Crippen LogP contribution in [0.4, 0.5) is 5.82 Å². The molecule has 0 aliphatic carbocycles. The second-order valence-electron chi connectivity index (χ2n) is 5.42. The van der Waals surface area contributed by atoms with E-state index in [1.54, 1.807) is 0 Å². The summed E-state index contributed by atoms with van der Waals surface area (Å²) in [6.45, 7) is 3.06. The fourth-order valence-corrected chi connectivity index (χ4v) is 3.16. The van der Waals surface area contributed by atoms with E-state index in [1.165, 1.54) is 18.4 Å². The molecular weight excluding hydrogens is 304 g/mol. The average molecular weight is 327 g/mol. The number of likely N-dealkylation sites (N-methyl/N-ethyl adjacent to an activating group) is 1. The minimum absolute atomic E-state index is 0.583. The minimum Gasteiger partial charge on any atom is -0.352 e. The molecule has 1 N–H and O–H groups in total. The molecule has 1 aliphatic heterocycles. The van der Waals surface area contributed by atoms with Crippen LogP contribution in [0.25, 0.3) is 0 Å². The normalized spacial score (nSPS) is 19.4. The van der Waals surface area contributed by atoms with Crippen LogP contribution in [0.3, 0.4) is 0 Å². The van der Waals surface area contributed by atoms with E-state index in [-0.39, 0.29) is 0 Å². The first-order chi connectivity index (χ1) is 9.11. The van der Waals surface area contributed by atoms with E-state index in [1.807, 2.05) is 13.2 Å². The van der Waals surface area contributed by atoms with Gasteiger partial charge in [-0.05, 0) is 56.0 Å². The van der Waals surface area contributed by atoms with Crippen molar-refractivity contribution in [3.05, 3.63) is 22.3 Å². The van der Waals surface area contributed by atoms with Crippen LogP contribution in [0.15, 0.2) is 16.7 Å². The molecule has 2 heterocycles. The summed E-state index contributed by atoms with van der Waals surface area (Å²) in [7, 11) is 6.26. The Morgan fingerprint density at radius 3 is 3.00 bits per heavy atom. The van der Waals surface area contributed by atoms with Gasteiger partial charge in [0, 0.05) is 41.9 Å². The summed E-state index contributed by atoms with van der Waals surface area (Å²) in [6, 6.07) is 2.75. The Morgan fingerprint density at radius 1 is 1.53 bits per heavy atom. The third kappa shape index (κ3) is 3.68. The maximum atomic E-state index is 4.66. The van der Waals surface area contributed by atoms with E-state index in [9.17, 15) is 0 Å². The van der Waals surface area contributed by atoms with E-state index in [4.69, 9.17) is 0 Å². The molecule has 0 radical (unpaired) electrons. The highest BCUT2D eigenvalue weighted by molar-refractivity contribution is 9.10. The molecule has 106 valence electrons. The number of aromatic nitrogens is 1. The Hall–Kier alpha value is -0.650. The highest BCUT2D eigenvalue weighted by Crippen LogP contribution is 2.28. The molecule has 2 rings (SSSR count). The lowest BCUT2D eigenvalue weighted by Gasteiger charge is -2.29. The van der Waals surface area contributed by atoms with Crippen LogP contribution in [0.5, 0.6) is 0 Å². The first-order valence-corrected chi connectivity index (χ1v) is 7.61. The summed E-state index contributed by atoms with van der Waals surface area (Å²) >= 11 is 3.51. The van der Waals surface area contributed by atoms with Gasteiger partial charge in [0.2, 0.25) is 0 Å². The number of pyridine rings is 1. The van der Waals surface area contributed by atoms with Gasteiger partial charge in [-0.25, -0.2) is 4.98 Å². The molecule has 1 atom stereocenters. The van der Waals surface area contributed by atoms with Crippen LogP contribution in [-0.4, -0.2) is 50.2 Å². The third-order valence-electron chi connectivity index (χ3n) is 3.50. The molecule has 1 fully saturated rings. The van der Waals surface area contributed by atoms with Crippen molar-refractivity contribution >= 4 is 21.7 Å². The molecule has 0 spiro atoms. The lowest BCUT2D eigenvalue weighted by atomic mass is 10.2. The molecule has 0 saturated carbocycles. The lowest BCUT2D eigenvalue weighted by Crippen LogP contribution is -2.38. The number of rotatable bonds is 5. The second kappa shape index (κ2) is 6.68. The van der Waals surface area contributed by atoms with E-state index in [0.717, 1.165) is 29.9 Å². The minimum atomic E-state index is 0.583. The van der Waals surface area contributed by atoms with Crippen LogP contribution in [0.1, 0.15) is 18.4 Å². The fraction of sp³-hybridized carbons (Fsp3) is 0.643. The van der Waals surface area contributed by atoms with Gasteiger partial charge in [0.05, 0.1) is 0 Å². The lowest BCUT2D eigenvalue weighted by molar-refractivity contribution is 0.371.